The Labute approximate surface area is 87.3 Å². The number of nitrogens with one attached hydrogen (secondary N) is 1. The van der Waals surface area contributed by atoms with Crippen molar-refractivity contribution >= 4 is 34.0 Å². The number of hydrazine groups is 1. The molecule has 0 aliphatic carbocycles. The zero-order valence-corrected chi connectivity index (χ0v) is 8.70. The largest absolute Gasteiger partial charge is 0.286 e. The predicted molar refractivity (Wildman–Crippen MR) is 62.0 cm³/mol. The SMILES string of the molecule is S=C1NN(c2ccccc2)CCS1. The number of thioether (sulfide) groups is 1. The van der Waals surface area contributed by atoms with E-state index in [1.807, 2.05) is 18.2 Å². The van der Waals surface area contributed by atoms with Gasteiger partial charge in [0.1, 0.15) is 0 Å². The smallest absolute Gasteiger partial charge is 0.152 e. The quantitative estimate of drug-likeness (QED) is 0.713. The maximum Gasteiger partial charge on any atom is 0.152 e. The number of benzene rings is 1. The summed E-state index contributed by atoms with van der Waals surface area (Å²) in [5, 5.41) is 2.08. The summed E-state index contributed by atoms with van der Waals surface area (Å²) in [6.07, 6.45) is 0. The molecule has 1 aromatic rings. The van der Waals surface area contributed by atoms with Crippen molar-refractivity contribution in [3.05, 3.63) is 30.3 Å². The molecular formula is C9H10N2S2. The van der Waals surface area contributed by atoms with Crippen LogP contribution in [0.1, 0.15) is 0 Å². The second kappa shape index (κ2) is 3.98. The molecule has 1 aliphatic heterocycles. The Kier molecular flexibility index (Phi) is 2.71. The van der Waals surface area contributed by atoms with Crippen LogP contribution in [0.3, 0.4) is 0 Å². The lowest BCUT2D eigenvalue weighted by Crippen LogP contribution is -2.45. The molecule has 13 heavy (non-hydrogen) atoms. The van der Waals surface area contributed by atoms with Gasteiger partial charge in [-0.15, -0.1) is 0 Å². The van der Waals surface area contributed by atoms with E-state index in [4.69, 9.17) is 12.2 Å². The molecule has 0 spiro atoms. The van der Waals surface area contributed by atoms with Crippen LogP contribution in [0.2, 0.25) is 0 Å². The van der Waals surface area contributed by atoms with Gasteiger partial charge in [0.15, 0.2) is 4.32 Å². The molecule has 2 rings (SSSR count). The molecule has 1 fully saturated rings. The van der Waals surface area contributed by atoms with Gasteiger partial charge in [-0.3, -0.25) is 10.4 Å². The fourth-order valence-electron chi connectivity index (χ4n) is 1.23. The second-order valence-electron chi connectivity index (χ2n) is 2.73. The van der Waals surface area contributed by atoms with Crippen LogP contribution in [0.5, 0.6) is 0 Å². The fourth-order valence-corrected chi connectivity index (χ4v) is 2.22. The molecule has 0 unspecified atom stereocenters. The Morgan fingerprint density at radius 3 is 2.77 bits per heavy atom. The monoisotopic (exact) mass is 210 g/mol. The van der Waals surface area contributed by atoms with Crippen LogP contribution in [0.4, 0.5) is 5.69 Å². The first-order valence-electron chi connectivity index (χ1n) is 4.12. The number of para-hydroxylation sites is 1. The van der Waals surface area contributed by atoms with Crippen molar-refractivity contribution in [2.75, 3.05) is 17.3 Å². The van der Waals surface area contributed by atoms with E-state index >= 15 is 0 Å². The molecule has 0 saturated carbocycles. The van der Waals surface area contributed by atoms with Gasteiger partial charge in [-0.2, -0.15) is 0 Å². The minimum Gasteiger partial charge on any atom is -0.286 e. The summed E-state index contributed by atoms with van der Waals surface area (Å²) in [6.45, 7) is 0.995. The first-order valence-corrected chi connectivity index (χ1v) is 5.51. The molecule has 0 bridgehead atoms. The molecule has 68 valence electrons. The number of thiocarbonyl (C=S) groups is 1. The first kappa shape index (κ1) is 8.84. The molecule has 2 nitrogen and oxygen atoms in total. The van der Waals surface area contributed by atoms with Gasteiger partial charge in [0.05, 0.1) is 5.69 Å². The standard InChI is InChI=1S/C9H10N2S2/c12-9-10-11(6-7-13-9)8-4-2-1-3-5-8/h1-5H,6-7H2,(H,10,12). The second-order valence-corrected chi connectivity index (χ2v) is 4.51. The van der Waals surface area contributed by atoms with Crippen LogP contribution in [0, 0.1) is 0 Å². The third-order valence-electron chi connectivity index (χ3n) is 1.84. The lowest BCUT2D eigenvalue weighted by atomic mass is 10.3. The number of anilines is 1. The maximum absolute atomic E-state index is 5.09. The molecule has 1 N–H and O–H groups in total. The average Bonchev–Trinajstić information content (AvgIpc) is 2.19. The van der Waals surface area contributed by atoms with Crippen LogP contribution in [0.25, 0.3) is 0 Å². The van der Waals surface area contributed by atoms with Gasteiger partial charge in [-0.1, -0.05) is 42.2 Å². The fraction of sp³-hybridized carbons (Fsp3) is 0.222. The van der Waals surface area contributed by atoms with Crippen molar-refractivity contribution in [2.24, 2.45) is 0 Å². The van der Waals surface area contributed by atoms with E-state index in [1.54, 1.807) is 11.8 Å². The molecule has 1 aliphatic rings. The normalized spacial score (nSPS) is 16.9. The molecule has 1 saturated heterocycles. The van der Waals surface area contributed by atoms with E-state index in [2.05, 4.69) is 22.6 Å². The zero-order chi connectivity index (χ0) is 9.10. The van der Waals surface area contributed by atoms with Gasteiger partial charge in [-0.05, 0) is 12.1 Å². The molecule has 0 amide bonds. The Balaban J connectivity index is 2.13. The van der Waals surface area contributed by atoms with Gasteiger partial charge in [0.2, 0.25) is 0 Å². The summed E-state index contributed by atoms with van der Waals surface area (Å²) in [5.74, 6) is 1.06. The third-order valence-corrected chi connectivity index (χ3v) is 3.03. The van der Waals surface area contributed by atoms with Crippen LogP contribution in [-0.2, 0) is 0 Å². The van der Waals surface area contributed by atoms with Gasteiger partial charge < -0.3 is 0 Å². The number of hydrogen-bond acceptors (Lipinski definition) is 3. The van der Waals surface area contributed by atoms with Crippen LogP contribution in [-0.4, -0.2) is 16.6 Å². The Bertz CT molecular complexity index is 300. The summed E-state index contributed by atoms with van der Waals surface area (Å²) >= 11 is 6.79. The van der Waals surface area contributed by atoms with E-state index in [1.165, 1.54) is 5.69 Å². The lowest BCUT2D eigenvalue weighted by molar-refractivity contribution is 0.805. The maximum atomic E-state index is 5.09. The Hall–Kier alpha value is -0.740. The minimum absolute atomic E-state index is 0.857. The van der Waals surface area contributed by atoms with Crippen molar-refractivity contribution in [3.8, 4) is 0 Å². The van der Waals surface area contributed by atoms with Crippen molar-refractivity contribution in [3.63, 3.8) is 0 Å². The molecule has 4 heteroatoms. The molecule has 1 heterocycles. The molecule has 0 radical (unpaired) electrons. The number of nitrogens with zero attached hydrogens (tertiary/aromatic N) is 1. The van der Waals surface area contributed by atoms with E-state index in [0.29, 0.717) is 0 Å². The lowest BCUT2D eigenvalue weighted by Gasteiger charge is -2.30. The highest BCUT2D eigenvalue weighted by atomic mass is 32.2. The predicted octanol–water partition coefficient (Wildman–Crippen LogP) is 2.03. The summed E-state index contributed by atoms with van der Waals surface area (Å²) in [5.41, 5.74) is 4.33. The van der Waals surface area contributed by atoms with Crippen LogP contribution >= 0.6 is 24.0 Å². The molecule has 0 atom stereocenters. The Morgan fingerprint density at radius 1 is 1.31 bits per heavy atom. The van der Waals surface area contributed by atoms with E-state index in [9.17, 15) is 0 Å². The highest BCUT2D eigenvalue weighted by molar-refractivity contribution is 8.23. The van der Waals surface area contributed by atoms with E-state index < -0.39 is 0 Å². The van der Waals surface area contributed by atoms with Crippen molar-refractivity contribution in [1.82, 2.24) is 5.43 Å². The third kappa shape index (κ3) is 2.14. The topological polar surface area (TPSA) is 15.3 Å². The van der Waals surface area contributed by atoms with E-state index in [0.717, 1.165) is 16.6 Å². The molecule has 0 aromatic heterocycles. The summed E-state index contributed by atoms with van der Waals surface area (Å²) in [6, 6.07) is 10.2. The van der Waals surface area contributed by atoms with E-state index in [-0.39, 0.29) is 0 Å². The summed E-state index contributed by atoms with van der Waals surface area (Å²) < 4.78 is 0.857. The van der Waals surface area contributed by atoms with Gasteiger partial charge in [0.25, 0.3) is 0 Å². The number of hydrogen-bond donors (Lipinski definition) is 1. The summed E-state index contributed by atoms with van der Waals surface area (Å²) in [4.78, 5) is 0. The molecule has 1 aromatic carbocycles. The van der Waals surface area contributed by atoms with Crippen molar-refractivity contribution in [1.29, 1.82) is 0 Å². The van der Waals surface area contributed by atoms with Crippen molar-refractivity contribution < 1.29 is 0 Å². The zero-order valence-electron chi connectivity index (χ0n) is 7.06. The highest BCUT2D eigenvalue weighted by Crippen LogP contribution is 2.16. The van der Waals surface area contributed by atoms with Gasteiger partial charge >= 0.3 is 0 Å². The van der Waals surface area contributed by atoms with Gasteiger partial charge in [-0.25, -0.2) is 0 Å². The van der Waals surface area contributed by atoms with Crippen LogP contribution < -0.4 is 10.4 Å². The Morgan fingerprint density at radius 2 is 2.08 bits per heavy atom. The number of rotatable bonds is 1. The van der Waals surface area contributed by atoms with Crippen LogP contribution in [0.15, 0.2) is 30.3 Å². The molecular weight excluding hydrogens is 200 g/mol. The highest BCUT2D eigenvalue weighted by Gasteiger charge is 2.13. The minimum atomic E-state index is 0.857. The van der Waals surface area contributed by atoms with Crippen molar-refractivity contribution in [2.45, 2.75) is 0 Å². The summed E-state index contributed by atoms with van der Waals surface area (Å²) in [7, 11) is 0. The average molecular weight is 210 g/mol. The first-order chi connectivity index (χ1) is 6.36. The van der Waals surface area contributed by atoms with Gasteiger partial charge in [0, 0.05) is 12.3 Å².